The molecular formula is C17H13F2N3O2S. The van der Waals surface area contributed by atoms with Crippen molar-refractivity contribution in [1.82, 2.24) is 4.90 Å². The Morgan fingerprint density at radius 1 is 1.32 bits per heavy atom. The Morgan fingerprint density at radius 2 is 2.08 bits per heavy atom. The van der Waals surface area contributed by atoms with Gasteiger partial charge in [0.15, 0.2) is 11.6 Å². The third-order valence-electron chi connectivity index (χ3n) is 4.02. The first-order valence-corrected chi connectivity index (χ1v) is 8.29. The van der Waals surface area contributed by atoms with Crippen LogP contribution in [0.3, 0.4) is 0 Å². The largest absolute Gasteiger partial charge is 0.337 e. The van der Waals surface area contributed by atoms with Gasteiger partial charge in [0.25, 0.3) is 5.91 Å². The van der Waals surface area contributed by atoms with E-state index < -0.39 is 17.5 Å². The summed E-state index contributed by atoms with van der Waals surface area (Å²) in [7, 11) is 0. The maximum absolute atomic E-state index is 13.3. The SMILES string of the molecule is CC(=O)N1CCc2c(sc(NC(=O)c3ccc(F)c(F)c3)c2C#N)C1. The smallest absolute Gasteiger partial charge is 0.256 e. The Kier molecular flexibility index (Phi) is 4.51. The highest BCUT2D eigenvalue weighted by atomic mass is 32.1. The van der Waals surface area contributed by atoms with Gasteiger partial charge in [0.1, 0.15) is 11.1 Å². The van der Waals surface area contributed by atoms with E-state index in [0.717, 1.165) is 22.6 Å². The summed E-state index contributed by atoms with van der Waals surface area (Å²) in [6, 6.07) is 4.94. The predicted molar refractivity (Wildman–Crippen MR) is 88.1 cm³/mol. The molecule has 0 bridgehead atoms. The highest BCUT2D eigenvalue weighted by Crippen LogP contribution is 2.36. The second-order valence-electron chi connectivity index (χ2n) is 5.59. The molecule has 128 valence electrons. The molecule has 3 rings (SSSR count). The van der Waals surface area contributed by atoms with Gasteiger partial charge in [-0.1, -0.05) is 0 Å². The minimum Gasteiger partial charge on any atom is -0.337 e. The standard InChI is InChI=1S/C17H13F2N3O2S/c1-9(23)22-5-4-11-12(7-20)17(25-15(11)8-22)21-16(24)10-2-3-13(18)14(19)6-10/h2-3,6H,4-5,8H2,1H3,(H,21,24). The molecule has 1 aliphatic heterocycles. The molecule has 0 saturated heterocycles. The molecule has 8 heteroatoms. The number of nitrogens with zero attached hydrogens (tertiary/aromatic N) is 2. The summed E-state index contributed by atoms with van der Waals surface area (Å²) in [6.07, 6.45) is 0.537. The van der Waals surface area contributed by atoms with Gasteiger partial charge in [-0.3, -0.25) is 9.59 Å². The van der Waals surface area contributed by atoms with Gasteiger partial charge in [-0.15, -0.1) is 11.3 Å². The van der Waals surface area contributed by atoms with E-state index in [-0.39, 0.29) is 11.5 Å². The van der Waals surface area contributed by atoms with Crippen LogP contribution < -0.4 is 5.32 Å². The van der Waals surface area contributed by atoms with Crippen molar-refractivity contribution in [2.45, 2.75) is 19.9 Å². The summed E-state index contributed by atoms with van der Waals surface area (Å²) in [5.41, 5.74) is 1.14. The molecule has 0 aliphatic carbocycles. The highest BCUT2D eigenvalue weighted by molar-refractivity contribution is 7.16. The van der Waals surface area contributed by atoms with Crippen LogP contribution in [0.5, 0.6) is 0 Å². The Hall–Kier alpha value is -2.79. The van der Waals surface area contributed by atoms with Crippen molar-refractivity contribution in [2.75, 3.05) is 11.9 Å². The van der Waals surface area contributed by atoms with Crippen molar-refractivity contribution in [3.63, 3.8) is 0 Å². The molecule has 1 N–H and O–H groups in total. The molecule has 1 aromatic heterocycles. The molecule has 1 aliphatic rings. The highest BCUT2D eigenvalue weighted by Gasteiger charge is 2.26. The predicted octanol–water partition coefficient (Wildman–Crippen LogP) is 3.05. The number of nitrogens with one attached hydrogen (secondary N) is 1. The molecule has 2 heterocycles. The lowest BCUT2D eigenvalue weighted by atomic mass is 10.0. The van der Waals surface area contributed by atoms with Gasteiger partial charge in [0, 0.05) is 23.9 Å². The van der Waals surface area contributed by atoms with Crippen LogP contribution in [-0.2, 0) is 17.8 Å². The zero-order chi connectivity index (χ0) is 18.1. The van der Waals surface area contributed by atoms with Gasteiger partial charge in [-0.25, -0.2) is 8.78 Å². The van der Waals surface area contributed by atoms with Crippen molar-refractivity contribution in [3.05, 3.63) is 51.4 Å². The minimum atomic E-state index is -1.12. The molecule has 0 spiro atoms. The number of amides is 2. The first-order valence-electron chi connectivity index (χ1n) is 7.47. The Bertz CT molecular complexity index is 917. The number of hydrogen-bond acceptors (Lipinski definition) is 4. The molecule has 0 atom stereocenters. The van der Waals surface area contributed by atoms with E-state index >= 15 is 0 Å². The van der Waals surface area contributed by atoms with Crippen LogP contribution in [0.25, 0.3) is 0 Å². The molecule has 0 unspecified atom stereocenters. The van der Waals surface area contributed by atoms with Gasteiger partial charge in [-0.05, 0) is 30.2 Å². The molecule has 25 heavy (non-hydrogen) atoms. The molecule has 0 saturated carbocycles. The Labute approximate surface area is 146 Å². The van der Waals surface area contributed by atoms with Gasteiger partial charge in [0.05, 0.1) is 12.1 Å². The second kappa shape index (κ2) is 6.61. The fourth-order valence-electron chi connectivity index (χ4n) is 2.69. The van der Waals surface area contributed by atoms with Crippen LogP contribution in [0.4, 0.5) is 13.8 Å². The van der Waals surface area contributed by atoms with Gasteiger partial charge in [-0.2, -0.15) is 5.26 Å². The number of thiophene rings is 1. The fraction of sp³-hybridized carbons (Fsp3) is 0.235. The summed E-state index contributed by atoms with van der Waals surface area (Å²) in [6.45, 7) is 2.39. The fourth-order valence-corrected chi connectivity index (χ4v) is 3.90. The normalized spacial score (nSPS) is 13.1. The topological polar surface area (TPSA) is 73.2 Å². The lowest BCUT2D eigenvalue weighted by Crippen LogP contribution is -2.33. The van der Waals surface area contributed by atoms with E-state index in [1.165, 1.54) is 24.3 Å². The lowest BCUT2D eigenvalue weighted by Gasteiger charge is -2.25. The maximum Gasteiger partial charge on any atom is 0.256 e. The van der Waals surface area contributed by atoms with E-state index in [0.29, 0.717) is 30.1 Å². The van der Waals surface area contributed by atoms with E-state index in [1.807, 2.05) is 0 Å². The second-order valence-corrected chi connectivity index (χ2v) is 6.70. The van der Waals surface area contributed by atoms with Gasteiger partial charge >= 0.3 is 0 Å². The van der Waals surface area contributed by atoms with Gasteiger partial charge in [0.2, 0.25) is 5.91 Å². The number of hydrogen-bond donors (Lipinski definition) is 1. The van der Waals surface area contributed by atoms with Crippen molar-refractivity contribution in [1.29, 1.82) is 5.26 Å². The number of anilines is 1. The van der Waals surface area contributed by atoms with Crippen LogP contribution in [0.1, 0.15) is 33.3 Å². The molecule has 0 fully saturated rings. The summed E-state index contributed by atoms with van der Waals surface area (Å²) < 4.78 is 26.3. The minimum absolute atomic E-state index is 0.0421. The number of halogens is 2. The van der Waals surface area contributed by atoms with Crippen molar-refractivity contribution in [3.8, 4) is 6.07 Å². The number of benzene rings is 1. The first kappa shape index (κ1) is 17.0. The Morgan fingerprint density at radius 3 is 2.72 bits per heavy atom. The van der Waals surface area contributed by atoms with E-state index in [9.17, 15) is 23.6 Å². The van der Waals surface area contributed by atoms with Crippen LogP contribution in [0.2, 0.25) is 0 Å². The third-order valence-corrected chi connectivity index (χ3v) is 5.16. The summed E-state index contributed by atoms with van der Waals surface area (Å²) in [5, 5.41) is 12.4. The van der Waals surface area contributed by atoms with E-state index in [2.05, 4.69) is 11.4 Å². The maximum atomic E-state index is 13.3. The Balaban J connectivity index is 1.88. The summed E-state index contributed by atoms with van der Waals surface area (Å²) in [5.74, 6) is -2.83. The average molecular weight is 361 g/mol. The van der Waals surface area contributed by atoms with E-state index in [4.69, 9.17) is 0 Å². The number of fused-ring (bicyclic) bond motifs is 1. The molecule has 5 nitrogen and oxygen atoms in total. The van der Waals surface area contributed by atoms with Crippen LogP contribution >= 0.6 is 11.3 Å². The number of rotatable bonds is 2. The molecule has 2 amide bonds. The molecule has 2 aromatic rings. The quantitative estimate of drug-likeness (QED) is 0.893. The lowest BCUT2D eigenvalue weighted by molar-refractivity contribution is -0.129. The summed E-state index contributed by atoms with van der Waals surface area (Å²) >= 11 is 1.22. The van der Waals surface area contributed by atoms with Crippen molar-refractivity contribution >= 4 is 28.2 Å². The average Bonchev–Trinajstić information content (AvgIpc) is 2.93. The summed E-state index contributed by atoms with van der Waals surface area (Å²) in [4.78, 5) is 26.3. The van der Waals surface area contributed by atoms with Crippen LogP contribution in [0.15, 0.2) is 18.2 Å². The molecular weight excluding hydrogens is 348 g/mol. The zero-order valence-electron chi connectivity index (χ0n) is 13.2. The third kappa shape index (κ3) is 3.23. The number of nitriles is 1. The van der Waals surface area contributed by atoms with Crippen molar-refractivity contribution < 1.29 is 18.4 Å². The molecule has 0 radical (unpaired) electrons. The first-order chi connectivity index (χ1) is 11.9. The molecule has 1 aromatic carbocycles. The van der Waals surface area contributed by atoms with Crippen LogP contribution in [0, 0.1) is 23.0 Å². The van der Waals surface area contributed by atoms with Crippen LogP contribution in [-0.4, -0.2) is 23.3 Å². The number of carbonyl (C=O) groups excluding carboxylic acids is 2. The van der Waals surface area contributed by atoms with Crippen molar-refractivity contribution in [2.24, 2.45) is 0 Å². The monoisotopic (exact) mass is 361 g/mol. The zero-order valence-corrected chi connectivity index (χ0v) is 14.0. The van der Waals surface area contributed by atoms with E-state index in [1.54, 1.807) is 4.90 Å². The number of carbonyl (C=O) groups is 2. The van der Waals surface area contributed by atoms with Gasteiger partial charge < -0.3 is 10.2 Å².